The fourth-order valence-corrected chi connectivity index (χ4v) is 2.77. The second-order valence-electron chi connectivity index (χ2n) is 4.20. The summed E-state index contributed by atoms with van der Waals surface area (Å²) in [5, 5.41) is 11.2. The summed E-state index contributed by atoms with van der Waals surface area (Å²) in [4.78, 5) is 21.8. The molecular weight excluding hydrogens is 362 g/mol. The van der Waals surface area contributed by atoms with Gasteiger partial charge < -0.3 is 15.2 Å². The molecular formula is C13H16BrNO5S. The summed E-state index contributed by atoms with van der Waals surface area (Å²) < 4.78 is 18.1. The average molecular weight is 378 g/mol. The lowest BCUT2D eigenvalue weighted by atomic mass is 10.3. The maximum Gasteiger partial charge on any atom is 0.327 e. The van der Waals surface area contributed by atoms with Crippen molar-refractivity contribution in [1.29, 1.82) is 0 Å². The molecule has 2 unspecified atom stereocenters. The molecule has 0 spiro atoms. The number of carbonyl (C=O) groups excluding carboxylic acids is 1. The molecule has 0 aromatic heterocycles. The van der Waals surface area contributed by atoms with E-state index in [-0.39, 0.29) is 18.1 Å². The third-order valence-corrected chi connectivity index (χ3v) is 4.28. The quantitative estimate of drug-likeness (QED) is 0.709. The first-order valence-corrected chi connectivity index (χ1v) is 8.40. The van der Waals surface area contributed by atoms with Gasteiger partial charge in [-0.05, 0) is 24.3 Å². The van der Waals surface area contributed by atoms with Gasteiger partial charge in [0.15, 0.2) is 0 Å². The van der Waals surface area contributed by atoms with Crippen molar-refractivity contribution in [2.45, 2.75) is 13.0 Å². The van der Waals surface area contributed by atoms with Gasteiger partial charge in [-0.2, -0.15) is 0 Å². The second-order valence-corrected chi connectivity index (χ2v) is 6.74. The number of carbonyl (C=O) groups is 2. The smallest absolute Gasteiger partial charge is 0.327 e. The van der Waals surface area contributed by atoms with E-state index in [1.165, 1.54) is 6.92 Å². The van der Waals surface area contributed by atoms with E-state index in [1.807, 2.05) is 12.1 Å². The summed E-state index contributed by atoms with van der Waals surface area (Å²) >= 11 is 3.30. The fourth-order valence-electron chi connectivity index (χ4n) is 1.47. The number of aliphatic carboxylic acids is 1. The van der Waals surface area contributed by atoms with Crippen LogP contribution in [0.1, 0.15) is 6.92 Å². The van der Waals surface area contributed by atoms with Gasteiger partial charge in [0, 0.05) is 22.2 Å². The lowest BCUT2D eigenvalue weighted by Crippen LogP contribution is -2.43. The Hall–Kier alpha value is -1.41. The first kappa shape index (κ1) is 17.6. The Kier molecular flexibility index (Phi) is 7.38. The van der Waals surface area contributed by atoms with Gasteiger partial charge in [0.25, 0.3) is 0 Å². The van der Waals surface area contributed by atoms with Gasteiger partial charge in [0.1, 0.15) is 11.8 Å². The maximum atomic E-state index is 11.8. The molecule has 0 aliphatic carbocycles. The molecule has 1 aromatic rings. The molecule has 6 nitrogen and oxygen atoms in total. The lowest BCUT2D eigenvalue weighted by molar-refractivity contribution is -0.140. The lowest BCUT2D eigenvalue weighted by Gasteiger charge is -2.13. The van der Waals surface area contributed by atoms with Crippen molar-refractivity contribution < 1.29 is 23.6 Å². The molecule has 2 N–H and O–H groups in total. The van der Waals surface area contributed by atoms with E-state index in [2.05, 4.69) is 21.2 Å². The van der Waals surface area contributed by atoms with Gasteiger partial charge in [-0.1, -0.05) is 15.9 Å². The van der Waals surface area contributed by atoms with Gasteiger partial charge in [-0.15, -0.1) is 0 Å². The molecule has 1 amide bonds. The monoisotopic (exact) mass is 377 g/mol. The standard InChI is InChI=1S/C13H16BrNO5S/c1-9(16)15-12(13(17)18)8-21(19)7-6-20-11-4-2-10(14)3-5-11/h2-5,12H,6-8H2,1H3,(H,15,16)(H,17,18). The SMILES string of the molecule is CC(=O)NC(CS(=O)CCOc1ccc(Br)cc1)C(=O)O. The summed E-state index contributed by atoms with van der Waals surface area (Å²) in [6.45, 7) is 1.43. The zero-order chi connectivity index (χ0) is 15.8. The second kappa shape index (κ2) is 8.78. The number of hydrogen-bond donors (Lipinski definition) is 2. The van der Waals surface area contributed by atoms with Crippen molar-refractivity contribution in [2.75, 3.05) is 18.1 Å². The van der Waals surface area contributed by atoms with Gasteiger partial charge in [0.05, 0.1) is 18.1 Å². The van der Waals surface area contributed by atoms with E-state index in [0.29, 0.717) is 5.75 Å². The Morgan fingerprint density at radius 2 is 2.00 bits per heavy atom. The van der Waals surface area contributed by atoms with E-state index in [1.54, 1.807) is 12.1 Å². The van der Waals surface area contributed by atoms with Crippen molar-refractivity contribution in [3.63, 3.8) is 0 Å². The third-order valence-electron chi connectivity index (χ3n) is 2.42. The van der Waals surface area contributed by atoms with Crippen LogP contribution in [-0.4, -0.2) is 45.3 Å². The summed E-state index contributed by atoms with van der Waals surface area (Å²) in [6, 6.07) is 6.04. The van der Waals surface area contributed by atoms with Crippen LogP contribution in [0.5, 0.6) is 5.75 Å². The molecule has 0 aliphatic rings. The van der Waals surface area contributed by atoms with Crippen LogP contribution in [-0.2, 0) is 20.4 Å². The van der Waals surface area contributed by atoms with E-state index < -0.39 is 28.7 Å². The molecule has 0 fully saturated rings. The Morgan fingerprint density at radius 1 is 1.38 bits per heavy atom. The topological polar surface area (TPSA) is 92.7 Å². The summed E-state index contributed by atoms with van der Waals surface area (Å²) in [5.74, 6) is -0.970. The zero-order valence-corrected chi connectivity index (χ0v) is 13.8. The van der Waals surface area contributed by atoms with Crippen LogP contribution in [0.3, 0.4) is 0 Å². The Bertz CT molecular complexity index is 520. The van der Waals surface area contributed by atoms with Gasteiger partial charge in [-0.25, -0.2) is 4.79 Å². The molecule has 8 heteroatoms. The largest absolute Gasteiger partial charge is 0.493 e. The predicted octanol–water partition coefficient (Wildman–Crippen LogP) is 1.17. The van der Waals surface area contributed by atoms with Crippen LogP contribution in [0.2, 0.25) is 0 Å². The molecule has 0 bridgehead atoms. The summed E-state index contributed by atoms with van der Waals surface area (Å²) in [7, 11) is -1.39. The van der Waals surface area contributed by atoms with Crippen LogP contribution in [0.15, 0.2) is 28.7 Å². The highest BCUT2D eigenvalue weighted by molar-refractivity contribution is 9.10. The van der Waals surface area contributed by atoms with Crippen molar-refractivity contribution in [3.05, 3.63) is 28.7 Å². The van der Waals surface area contributed by atoms with Gasteiger partial charge in [-0.3, -0.25) is 9.00 Å². The number of carboxylic acid groups (broad SMARTS) is 1. The molecule has 2 atom stereocenters. The zero-order valence-electron chi connectivity index (χ0n) is 11.4. The predicted molar refractivity (Wildman–Crippen MR) is 82.8 cm³/mol. The molecule has 0 heterocycles. The minimum atomic E-state index is -1.39. The fraction of sp³-hybridized carbons (Fsp3) is 0.385. The molecule has 0 saturated heterocycles. The van der Waals surface area contributed by atoms with E-state index >= 15 is 0 Å². The number of amides is 1. The molecule has 1 rings (SSSR count). The number of ether oxygens (including phenoxy) is 1. The van der Waals surface area contributed by atoms with E-state index in [0.717, 1.165) is 4.47 Å². The van der Waals surface area contributed by atoms with Crippen LogP contribution in [0, 0.1) is 0 Å². The Morgan fingerprint density at radius 3 is 2.52 bits per heavy atom. The van der Waals surface area contributed by atoms with Crippen molar-refractivity contribution >= 4 is 38.6 Å². The number of benzene rings is 1. The molecule has 0 saturated carbocycles. The number of hydrogen-bond acceptors (Lipinski definition) is 4. The highest BCUT2D eigenvalue weighted by Gasteiger charge is 2.21. The van der Waals surface area contributed by atoms with Crippen LogP contribution in [0.25, 0.3) is 0 Å². The van der Waals surface area contributed by atoms with Crippen LogP contribution >= 0.6 is 15.9 Å². The Labute approximate surface area is 133 Å². The first-order chi connectivity index (χ1) is 9.88. The van der Waals surface area contributed by atoms with E-state index in [9.17, 15) is 13.8 Å². The number of rotatable bonds is 8. The van der Waals surface area contributed by atoms with Crippen molar-refractivity contribution in [3.8, 4) is 5.75 Å². The summed E-state index contributed by atoms with van der Waals surface area (Å²) in [6.07, 6.45) is 0. The normalized spacial score (nSPS) is 13.2. The van der Waals surface area contributed by atoms with Crippen molar-refractivity contribution in [2.24, 2.45) is 0 Å². The molecule has 21 heavy (non-hydrogen) atoms. The molecule has 0 aliphatic heterocycles. The van der Waals surface area contributed by atoms with Crippen LogP contribution in [0.4, 0.5) is 0 Å². The Balaban J connectivity index is 2.37. The molecule has 0 radical (unpaired) electrons. The van der Waals surface area contributed by atoms with Crippen molar-refractivity contribution in [1.82, 2.24) is 5.32 Å². The number of carboxylic acids is 1. The molecule has 116 valence electrons. The summed E-state index contributed by atoms with van der Waals surface area (Å²) in [5.41, 5.74) is 0. The third kappa shape index (κ3) is 7.24. The number of halogens is 1. The van der Waals surface area contributed by atoms with Gasteiger partial charge >= 0.3 is 5.97 Å². The van der Waals surface area contributed by atoms with E-state index in [4.69, 9.17) is 9.84 Å². The van der Waals surface area contributed by atoms with Gasteiger partial charge in [0.2, 0.25) is 5.91 Å². The first-order valence-electron chi connectivity index (χ1n) is 6.11. The highest BCUT2D eigenvalue weighted by Crippen LogP contribution is 2.15. The highest BCUT2D eigenvalue weighted by atomic mass is 79.9. The minimum Gasteiger partial charge on any atom is -0.493 e. The maximum absolute atomic E-state index is 11.8. The molecule has 1 aromatic carbocycles. The number of nitrogens with one attached hydrogen (secondary N) is 1. The minimum absolute atomic E-state index is 0.140. The van der Waals surface area contributed by atoms with Crippen LogP contribution < -0.4 is 10.1 Å². The average Bonchev–Trinajstić information content (AvgIpc) is 2.39.